The van der Waals surface area contributed by atoms with E-state index in [0.717, 1.165) is 66.2 Å². The molecular formula is C38H44O4. The predicted molar refractivity (Wildman–Crippen MR) is 170 cm³/mol. The zero-order chi connectivity index (χ0) is 29.5. The van der Waals surface area contributed by atoms with Gasteiger partial charge in [0.1, 0.15) is 13.2 Å². The molecule has 1 aliphatic rings. The molecule has 0 amide bonds. The molecule has 0 fully saturated rings. The summed E-state index contributed by atoms with van der Waals surface area (Å²) in [7, 11) is 3.51. The van der Waals surface area contributed by atoms with E-state index in [4.69, 9.17) is 18.9 Å². The Hall–Kier alpha value is -3.92. The largest absolute Gasteiger partial charge is 0.493 e. The fraction of sp³-hybridized carbons (Fsp3) is 0.368. The standard InChI is InChI=1S/C38H44O4/c1-26-16-17-31-22-35(39-4)36(41-24-29-12-8-6-9-13-29)23-32(31)18-19-33-28(3)21-37(38(40-5)34(33)20-27(26)2)42-25-30-14-10-7-11-15-30/h6-15,21-23,26-27H,16-20,24-25H2,1-5H3. The second-order valence-corrected chi connectivity index (χ2v) is 11.7. The summed E-state index contributed by atoms with van der Waals surface area (Å²) in [6.45, 7) is 7.99. The van der Waals surface area contributed by atoms with Crippen LogP contribution in [0.3, 0.4) is 0 Å². The first kappa shape index (κ1) is 29.6. The van der Waals surface area contributed by atoms with Crippen molar-refractivity contribution in [1.82, 2.24) is 0 Å². The van der Waals surface area contributed by atoms with Gasteiger partial charge in [-0.25, -0.2) is 0 Å². The van der Waals surface area contributed by atoms with Gasteiger partial charge in [-0.2, -0.15) is 0 Å². The Morgan fingerprint density at radius 1 is 0.619 bits per heavy atom. The maximum Gasteiger partial charge on any atom is 0.164 e. The number of hydrogen-bond acceptors (Lipinski definition) is 4. The highest BCUT2D eigenvalue weighted by molar-refractivity contribution is 5.55. The first-order valence-corrected chi connectivity index (χ1v) is 15.2. The van der Waals surface area contributed by atoms with Gasteiger partial charge in [0.15, 0.2) is 23.0 Å². The van der Waals surface area contributed by atoms with Gasteiger partial charge in [-0.05, 0) is 102 Å². The molecule has 0 bridgehead atoms. The molecule has 0 heterocycles. The van der Waals surface area contributed by atoms with Gasteiger partial charge in [-0.15, -0.1) is 0 Å². The Kier molecular flexibility index (Phi) is 9.74. The Labute approximate surface area is 251 Å². The van der Waals surface area contributed by atoms with Crippen LogP contribution >= 0.6 is 0 Å². The Balaban J connectivity index is 1.49. The number of methoxy groups -OCH3 is 2. The van der Waals surface area contributed by atoms with E-state index in [0.29, 0.717) is 25.0 Å². The summed E-state index contributed by atoms with van der Waals surface area (Å²) in [5.74, 6) is 4.36. The van der Waals surface area contributed by atoms with E-state index in [-0.39, 0.29) is 0 Å². The first-order chi connectivity index (χ1) is 20.5. The topological polar surface area (TPSA) is 36.9 Å². The molecule has 2 unspecified atom stereocenters. The fourth-order valence-corrected chi connectivity index (χ4v) is 6.07. The lowest BCUT2D eigenvalue weighted by Gasteiger charge is -2.25. The molecule has 4 aromatic carbocycles. The molecule has 4 nitrogen and oxygen atoms in total. The van der Waals surface area contributed by atoms with E-state index >= 15 is 0 Å². The number of fused-ring (bicyclic) bond motifs is 2. The molecule has 0 saturated heterocycles. The number of aryl methyl sites for hydroxylation is 3. The summed E-state index contributed by atoms with van der Waals surface area (Å²) >= 11 is 0. The number of ether oxygens (including phenoxy) is 4. The molecule has 4 heteroatoms. The zero-order valence-corrected chi connectivity index (χ0v) is 25.7. The van der Waals surface area contributed by atoms with Gasteiger partial charge < -0.3 is 18.9 Å². The lowest BCUT2D eigenvalue weighted by atomic mass is 9.83. The van der Waals surface area contributed by atoms with Crippen LogP contribution in [0.2, 0.25) is 0 Å². The molecule has 0 radical (unpaired) electrons. The third-order valence-electron chi connectivity index (χ3n) is 8.86. The van der Waals surface area contributed by atoms with Crippen molar-refractivity contribution < 1.29 is 18.9 Å². The highest BCUT2D eigenvalue weighted by Crippen LogP contribution is 2.41. The van der Waals surface area contributed by atoms with Gasteiger partial charge >= 0.3 is 0 Å². The minimum absolute atomic E-state index is 0.498. The van der Waals surface area contributed by atoms with Gasteiger partial charge in [0.05, 0.1) is 14.2 Å². The summed E-state index contributed by atoms with van der Waals surface area (Å²) in [5, 5.41) is 0. The SMILES string of the molecule is COc1cc2c(cc1OCc1ccccc1)CCc1c(C)cc(OCc3ccccc3)c(OC)c1CC(C)C(C)CC2. The van der Waals surface area contributed by atoms with Crippen molar-refractivity contribution in [3.8, 4) is 23.0 Å². The number of rotatable bonds is 8. The molecule has 0 saturated carbocycles. The van der Waals surface area contributed by atoms with Crippen LogP contribution in [0.5, 0.6) is 23.0 Å². The Bertz CT molecular complexity index is 1460. The molecule has 42 heavy (non-hydrogen) atoms. The van der Waals surface area contributed by atoms with Crippen molar-refractivity contribution in [3.05, 3.63) is 118 Å². The van der Waals surface area contributed by atoms with E-state index in [1.807, 2.05) is 36.4 Å². The first-order valence-electron chi connectivity index (χ1n) is 15.2. The maximum atomic E-state index is 6.38. The van der Waals surface area contributed by atoms with Gasteiger partial charge in [0, 0.05) is 5.56 Å². The molecule has 220 valence electrons. The van der Waals surface area contributed by atoms with Crippen LogP contribution in [0, 0.1) is 18.8 Å². The zero-order valence-electron chi connectivity index (χ0n) is 25.7. The average molecular weight is 565 g/mol. The minimum atomic E-state index is 0.498. The molecular weight excluding hydrogens is 520 g/mol. The van der Waals surface area contributed by atoms with Gasteiger partial charge in [-0.1, -0.05) is 74.5 Å². The molecule has 5 rings (SSSR count). The molecule has 0 aliphatic heterocycles. The predicted octanol–water partition coefficient (Wildman–Crippen LogP) is 8.72. The normalized spacial score (nSPS) is 16.9. The van der Waals surface area contributed by atoms with Crippen LogP contribution < -0.4 is 18.9 Å². The van der Waals surface area contributed by atoms with E-state index in [9.17, 15) is 0 Å². The van der Waals surface area contributed by atoms with Gasteiger partial charge in [0.2, 0.25) is 0 Å². The summed E-state index contributed by atoms with van der Waals surface area (Å²) < 4.78 is 24.6. The minimum Gasteiger partial charge on any atom is -0.493 e. The van der Waals surface area contributed by atoms with Crippen molar-refractivity contribution in [1.29, 1.82) is 0 Å². The van der Waals surface area contributed by atoms with Gasteiger partial charge in [-0.3, -0.25) is 0 Å². The van der Waals surface area contributed by atoms with Crippen molar-refractivity contribution in [2.24, 2.45) is 11.8 Å². The van der Waals surface area contributed by atoms with Crippen molar-refractivity contribution in [3.63, 3.8) is 0 Å². The maximum absolute atomic E-state index is 6.38. The fourth-order valence-electron chi connectivity index (χ4n) is 6.07. The molecule has 4 aromatic rings. The van der Waals surface area contributed by atoms with Crippen LogP contribution in [-0.4, -0.2) is 14.2 Å². The summed E-state index contributed by atoms with van der Waals surface area (Å²) in [4.78, 5) is 0. The van der Waals surface area contributed by atoms with E-state index in [1.54, 1.807) is 14.2 Å². The van der Waals surface area contributed by atoms with Crippen LogP contribution in [0.15, 0.2) is 78.9 Å². The molecule has 0 aromatic heterocycles. The third kappa shape index (κ3) is 6.92. The third-order valence-corrected chi connectivity index (χ3v) is 8.86. The van der Waals surface area contributed by atoms with Gasteiger partial charge in [0.25, 0.3) is 0 Å². The van der Waals surface area contributed by atoms with Crippen molar-refractivity contribution in [2.45, 2.75) is 66.1 Å². The average Bonchev–Trinajstić information content (AvgIpc) is 3.04. The van der Waals surface area contributed by atoms with Crippen LogP contribution in [0.4, 0.5) is 0 Å². The number of hydrogen-bond donors (Lipinski definition) is 0. The second-order valence-electron chi connectivity index (χ2n) is 11.7. The molecule has 0 spiro atoms. The molecule has 1 aliphatic carbocycles. The van der Waals surface area contributed by atoms with Crippen molar-refractivity contribution >= 4 is 0 Å². The molecule has 0 N–H and O–H groups in total. The highest BCUT2D eigenvalue weighted by atomic mass is 16.5. The second kappa shape index (κ2) is 13.8. The summed E-state index contributed by atoms with van der Waals surface area (Å²) in [6, 6.07) is 27.2. The quantitative estimate of drug-likeness (QED) is 0.214. The highest BCUT2D eigenvalue weighted by Gasteiger charge is 2.24. The summed E-state index contributed by atoms with van der Waals surface area (Å²) in [6.07, 6.45) is 4.95. The van der Waals surface area contributed by atoms with E-state index in [2.05, 4.69) is 63.2 Å². The van der Waals surface area contributed by atoms with Crippen LogP contribution in [0.25, 0.3) is 0 Å². The Morgan fingerprint density at radius 2 is 1.21 bits per heavy atom. The number of benzene rings is 4. The molecule has 2 atom stereocenters. The lowest BCUT2D eigenvalue weighted by Crippen LogP contribution is -2.14. The summed E-state index contributed by atoms with van der Waals surface area (Å²) in [5.41, 5.74) is 8.88. The van der Waals surface area contributed by atoms with E-state index in [1.165, 1.54) is 27.8 Å². The van der Waals surface area contributed by atoms with Crippen LogP contribution in [-0.2, 0) is 38.9 Å². The smallest absolute Gasteiger partial charge is 0.164 e. The van der Waals surface area contributed by atoms with E-state index < -0.39 is 0 Å². The monoisotopic (exact) mass is 564 g/mol. The Morgan fingerprint density at radius 3 is 1.83 bits per heavy atom. The van der Waals surface area contributed by atoms with Crippen molar-refractivity contribution in [2.75, 3.05) is 14.2 Å². The lowest BCUT2D eigenvalue weighted by molar-refractivity contribution is 0.280. The van der Waals surface area contributed by atoms with Crippen LogP contribution in [0.1, 0.15) is 59.2 Å².